The second kappa shape index (κ2) is 8.37. The van der Waals surface area contributed by atoms with Crippen LogP contribution in [-0.4, -0.2) is 29.5 Å². The molecule has 0 aliphatic carbocycles. The zero-order valence-corrected chi connectivity index (χ0v) is 15.3. The monoisotopic (exact) mass is 370 g/mol. The SMILES string of the molecule is COCCn1nc(C)c(CNC(=O)Nc2ccc(Cl)c(Cl)c2)c1C. The van der Waals surface area contributed by atoms with E-state index < -0.39 is 0 Å². The fraction of sp³-hybridized carbons (Fsp3) is 0.375. The van der Waals surface area contributed by atoms with Crippen LogP contribution in [0.2, 0.25) is 10.0 Å². The quantitative estimate of drug-likeness (QED) is 0.812. The Morgan fingerprint density at radius 2 is 2.04 bits per heavy atom. The molecule has 0 radical (unpaired) electrons. The van der Waals surface area contributed by atoms with Crippen molar-refractivity contribution in [2.24, 2.45) is 0 Å². The minimum atomic E-state index is -0.322. The van der Waals surface area contributed by atoms with Gasteiger partial charge in [0.1, 0.15) is 0 Å². The second-order valence-corrected chi connectivity index (χ2v) is 6.12. The maximum atomic E-state index is 12.0. The average molecular weight is 371 g/mol. The van der Waals surface area contributed by atoms with Gasteiger partial charge in [-0.15, -0.1) is 0 Å². The molecule has 0 bridgehead atoms. The van der Waals surface area contributed by atoms with Crippen LogP contribution in [0.15, 0.2) is 18.2 Å². The van der Waals surface area contributed by atoms with Crippen LogP contribution in [0.3, 0.4) is 0 Å². The molecular formula is C16H20Cl2N4O2. The molecule has 1 aromatic carbocycles. The Morgan fingerprint density at radius 1 is 1.29 bits per heavy atom. The van der Waals surface area contributed by atoms with Crippen LogP contribution in [0.1, 0.15) is 17.0 Å². The van der Waals surface area contributed by atoms with E-state index in [1.54, 1.807) is 25.3 Å². The lowest BCUT2D eigenvalue weighted by Gasteiger charge is -2.09. The molecule has 0 saturated heterocycles. The van der Waals surface area contributed by atoms with Crippen LogP contribution in [0.4, 0.5) is 10.5 Å². The number of rotatable bonds is 6. The molecule has 0 fully saturated rings. The average Bonchev–Trinajstić information content (AvgIpc) is 2.81. The van der Waals surface area contributed by atoms with E-state index in [2.05, 4.69) is 15.7 Å². The summed E-state index contributed by atoms with van der Waals surface area (Å²) in [6.07, 6.45) is 0. The summed E-state index contributed by atoms with van der Waals surface area (Å²) in [4.78, 5) is 12.0. The van der Waals surface area contributed by atoms with Crippen LogP contribution >= 0.6 is 23.2 Å². The number of benzene rings is 1. The third kappa shape index (κ3) is 4.63. The first-order valence-electron chi connectivity index (χ1n) is 7.44. The van der Waals surface area contributed by atoms with E-state index in [0.717, 1.165) is 17.0 Å². The Kier molecular flexibility index (Phi) is 6.48. The van der Waals surface area contributed by atoms with Gasteiger partial charge in [-0.1, -0.05) is 23.2 Å². The number of nitrogens with one attached hydrogen (secondary N) is 2. The lowest BCUT2D eigenvalue weighted by atomic mass is 10.2. The number of aromatic nitrogens is 2. The zero-order chi connectivity index (χ0) is 17.7. The molecule has 6 nitrogen and oxygen atoms in total. The normalized spacial score (nSPS) is 10.7. The maximum Gasteiger partial charge on any atom is 0.319 e. The standard InChI is InChI=1S/C16H20Cl2N4O2/c1-10-13(11(2)22(21-10)6-7-24-3)9-19-16(23)20-12-4-5-14(17)15(18)8-12/h4-5,8H,6-7,9H2,1-3H3,(H2,19,20,23). The minimum Gasteiger partial charge on any atom is -0.383 e. The fourth-order valence-corrected chi connectivity index (χ4v) is 2.60. The molecular weight excluding hydrogens is 351 g/mol. The smallest absolute Gasteiger partial charge is 0.319 e. The van der Waals surface area contributed by atoms with Gasteiger partial charge in [0, 0.05) is 30.6 Å². The van der Waals surface area contributed by atoms with Crippen molar-refractivity contribution in [2.45, 2.75) is 26.9 Å². The van der Waals surface area contributed by atoms with Crippen molar-refractivity contribution in [3.8, 4) is 0 Å². The first kappa shape index (κ1) is 18.6. The van der Waals surface area contributed by atoms with Crippen molar-refractivity contribution in [3.05, 3.63) is 45.2 Å². The summed E-state index contributed by atoms with van der Waals surface area (Å²) >= 11 is 11.8. The van der Waals surface area contributed by atoms with Crippen LogP contribution in [0.25, 0.3) is 0 Å². The number of carbonyl (C=O) groups is 1. The molecule has 2 N–H and O–H groups in total. The Morgan fingerprint density at radius 3 is 2.71 bits per heavy atom. The van der Waals surface area contributed by atoms with Crippen LogP contribution in [0, 0.1) is 13.8 Å². The number of carbonyl (C=O) groups excluding carboxylic acids is 1. The molecule has 0 aliphatic rings. The molecule has 2 rings (SSSR count). The van der Waals surface area contributed by atoms with Crippen LogP contribution in [0.5, 0.6) is 0 Å². The third-order valence-corrected chi connectivity index (χ3v) is 4.38. The van der Waals surface area contributed by atoms with Gasteiger partial charge in [0.25, 0.3) is 0 Å². The van der Waals surface area contributed by atoms with Crippen molar-refractivity contribution in [1.82, 2.24) is 15.1 Å². The highest BCUT2D eigenvalue weighted by Gasteiger charge is 2.12. The third-order valence-electron chi connectivity index (χ3n) is 3.64. The van der Waals surface area contributed by atoms with Gasteiger partial charge >= 0.3 is 6.03 Å². The number of hydrogen-bond acceptors (Lipinski definition) is 3. The molecule has 24 heavy (non-hydrogen) atoms. The van der Waals surface area contributed by atoms with E-state index >= 15 is 0 Å². The molecule has 0 saturated carbocycles. The number of halogens is 2. The van der Waals surface area contributed by atoms with Crippen molar-refractivity contribution in [3.63, 3.8) is 0 Å². The van der Waals surface area contributed by atoms with Crippen molar-refractivity contribution in [2.75, 3.05) is 19.0 Å². The minimum absolute atomic E-state index is 0.322. The lowest BCUT2D eigenvalue weighted by molar-refractivity contribution is 0.182. The largest absolute Gasteiger partial charge is 0.383 e. The zero-order valence-electron chi connectivity index (χ0n) is 13.8. The number of methoxy groups -OCH3 is 1. The number of amides is 2. The van der Waals surface area contributed by atoms with Gasteiger partial charge in [0.2, 0.25) is 0 Å². The van der Waals surface area contributed by atoms with E-state index in [4.69, 9.17) is 27.9 Å². The topological polar surface area (TPSA) is 68.2 Å². The number of nitrogens with zero attached hydrogens (tertiary/aromatic N) is 2. The Hall–Kier alpha value is -1.76. The number of anilines is 1. The fourth-order valence-electron chi connectivity index (χ4n) is 2.30. The van der Waals surface area contributed by atoms with Gasteiger partial charge in [0.15, 0.2) is 0 Å². The summed E-state index contributed by atoms with van der Waals surface area (Å²) < 4.78 is 6.95. The molecule has 130 valence electrons. The Labute approximate surface area is 151 Å². The Balaban J connectivity index is 1.96. The lowest BCUT2D eigenvalue weighted by Crippen LogP contribution is -2.28. The van der Waals surface area contributed by atoms with Gasteiger partial charge in [0.05, 0.1) is 28.9 Å². The molecule has 1 aromatic heterocycles. The van der Waals surface area contributed by atoms with E-state index in [1.165, 1.54) is 0 Å². The summed E-state index contributed by atoms with van der Waals surface area (Å²) in [6, 6.07) is 4.60. The van der Waals surface area contributed by atoms with E-state index in [0.29, 0.717) is 35.4 Å². The van der Waals surface area contributed by atoms with E-state index in [9.17, 15) is 4.79 Å². The second-order valence-electron chi connectivity index (χ2n) is 5.30. The van der Waals surface area contributed by atoms with Gasteiger partial charge < -0.3 is 15.4 Å². The molecule has 1 heterocycles. The predicted octanol–water partition coefficient (Wildman–Crippen LogP) is 3.77. The highest BCUT2D eigenvalue weighted by molar-refractivity contribution is 6.42. The number of ether oxygens (including phenoxy) is 1. The van der Waals surface area contributed by atoms with Crippen LogP contribution in [-0.2, 0) is 17.8 Å². The van der Waals surface area contributed by atoms with Gasteiger partial charge in [-0.2, -0.15) is 5.10 Å². The maximum absolute atomic E-state index is 12.0. The predicted molar refractivity (Wildman–Crippen MR) is 95.9 cm³/mol. The summed E-state index contributed by atoms with van der Waals surface area (Å²) in [5.41, 5.74) is 3.47. The van der Waals surface area contributed by atoms with E-state index in [1.807, 2.05) is 18.5 Å². The summed E-state index contributed by atoms with van der Waals surface area (Å²) in [5.74, 6) is 0. The van der Waals surface area contributed by atoms with Gasteiger partial charge in [-0.05, 0) is 32.0 Å². The number of hydrogen-bond donors (Lipinski definition) is 2. The Bertz CT molecular complexity index is 731. The molecule has 0 aliphatic heterocycles. The number of urea groups is 1. The van der Waals surface area contributed by atoms with Crippen molar-refractivity contribution >= 4 is 34.9 Å². The molecule has 0 unspecified atom stereocenters. The first-order valence-corrected chi connectivity index (χ1v) is 8.19. The van der Waals surface area contributed by atoms with Crippen molar-refractivity contribution < 1.29 is 9.53 Å². The molecule has 8 heteroatoms. The number of aryl methyl sites for hydroxylation is 1. The summed E-state index contributed by atoms with van der Waals surface area (Å²) in [7, 11) is 1.65. The highest BCUT2D eigenvalue weighted by atomic mass is 35.5. The van der Waals surface area contributed by atoms with Gasteiger partial charge in [-0.3, -0.25) is 4.68 Å². The van der Waals surface area contributed by atoms with Gasteiger partial charge in [-0.25, -0.2) is 4.79 Å². The highest BCUT2D eigenvalue weighted by Crippen LogP contribution is 2.24. The van der Waals surface area contributed by atoms with Crippen LogP contribution < -0.4 is 10.6 Å². The van der Waals surface area contributed by atoms with Crippen molar-refractivity contribution in [1.29, 1.82) is 0 Å². The molecule has 0 spiro atoms. The van der Waals surface area contributed by atoms with E-state index in [-0.39, 0.29) is 6.03 Å². The molecule has 2 aromatic rings. The molecule has 2 amide bonds. The summed E-state index contributed by atoms with van der Waals surface area (Å²) in [6.45, 7) is 5.55. The summed E-state index contributed by atoms with van der Waals surface area (Å²) in [5, 5.41) is 10.8. The molecule has 0 atom stereocenters. The first-order chi connectivity index (χ1) is 11.4.